The van der Waals surface area contributed by atoms with Crippen LogP contribution in [-0.4, -0.2) is 22.1 Å². The summed E-state index contributed by atoms with van der Waals surface area (Å²) < 4.78 is 0. The normalized spacial score (nSPS) is 14.3. The molecule has 0 saturated carbocycles. The summed E-state index contributed by atoms with van der Waals surface area (Å²) in [6.45, 7) is 6.64. The van der Waals surface area contributed by atoms with E-state index < -0.39 is 0 Å². The molecule has 1 aromatic carbocycles. The molecule has 0 radical (unpaired) electrons. The topological polar surface area (TPSA) is 52.8 Å². The Hall–Kier alpha value is -1.35. The third kappa shape index (κ3) is 6.71. The van der Waals surface area contributed by atoms with Crippen molar-refractivity contribution in [2.24, 2.45) is 10.6 Å². The van der Waals surface area contributed by atoms with Gasteiger partial charge in [-0.2, -0.15) is 0 Å². The molecule has 3 heteroatoms. The van der Waals surface area contributed by atoms with Gasteiger partial charge in [-0.1, -0.05) is 62.7 Å². The molecule has 1 atom stereocenters. The Morgan fingerprint density at radius 1 is 1.15 bits per heavy atom. The number of aliphatic hydroxyl groups excluding tert-OH is 1. The van der Waals surface area contributed by atoms with Crippen LogP contribution in [0.1, 0.15) is 58.4 Å². The van der Waals surface area contributed by atoms with Crippen LogP contribution in [0.5, 0.6) is 0 Å². The molecule has 0 fully saturated rings. The molecule has 1 rings (SSSR count). The molecule has 0 saturated heterocycles. The number of rotatable bonds is 7. The monoisotopic (exact) mass is 277 g/mol. The minimum absolute atomic E-state index is 0.321. The van der Waals surface area contributed by atoms with E-state index in [2.05, 4.69) is 25.9 Å². The number of hydrogen-bond acceptors (Lipinski definition) is 3. The zero-order chi connectivity index (χ0) is 15.0. The summed E-state index contributed by atoms with van der Waals surface area (Å²) in [5, 5.41) is 22.4. The molecule has 2 N–H and O–H groups in total. The first-order valence-corrected chi connectivity index (χ1v) is 7.37. The average molecular weight is 277 g/mol. The fourth-order valence-electron chi connectivity index (χ4n) is 2.20. The first kappa shape index (κ1) is 16.7. The van der Waals surface area contributed by atoms with Crippen LogP contribution < -0.4 is 0 Å². The van der Waals surface area contributed by atoms with E-state index in [4.69, 9.17) is 5.21 Å². The van der Waals surface area contributed by atoms with Crippen molar-refractivity contribution in [2.75, 3.05) is 0 Å². The van der Waals surface area contributed by atoms with E-state index >= 15 is 0 Å². The molecule has 0 aliphatic carbocycles. The van der Waals surface area contributed by atoms with Gasteiger partial charge < -0.3 is 10.3 Å². The average Bonchev–Trinajstić information content (AvgIpc) is 2.39. The molecule has 1 unspecified atom stereocenters. The van der Waals surface area contributed by atoms with Gasteiger partial charge >= 0.3 is 0 Å². The summed E-state index contributed by atoms with van der Waals surface area (Å²) in [6.07, 6.45) is 3.86. The molecule has 20 heavy (non-hydrogen) atoms. The molecule has 0 aromatic heterocycles. The van der Waals surface area contributed by atoms with E-state index in [1.807, 2.05) is 30.3 Å². The van der Waals surface area contributed by atoms with Crippen LogP contribution in [0.3, 0.4) is 0 Å². The maximum atomic E-state index is 10.0. The Bertz CT molecular complexity index is 407. The van der Waals surface area contributed by atoms with Gasteiger partial charge in [-0.15, -0.1) is 0 Å². The predicted octanol–water partition coefficient (Wildman–Crippen LogP) is 4.22. The van der Waals surface area contributed by atoms with E-state index in [0.717, 1.165) is 24.8 Å². The van der Waals surface area contributed by atoms with Crippen LogP contribution in [0.4, 0.5) is 0 Å². The summed E-state index contributed by atoms with van der Waals surface area (Å²) in [4.78, 5) is 0. The Labute approximate surface area is 122 Å². The number of hydrogen-bond donors (Lipinski definition) is 2. The first-order chi connectivity index (χ1) is 9.42. The van der Waals surface area contributed by atoms with E-state index in [1.165, 1.54) is 0 Å². The zero-order valence-corrected chi connectivity index (χ0v) is 12.8. The van der Waals surface area contributed by atoms with Gasteiger partial charge in [0, 0.05) is 0 Å². The van der Waals surface area contributed by atoms with E-state index in [9.17, 15) is 5.11 Å². The molecule has 0 aliphatic heterocycles. The fraction of sp³-hybridized carbons (Fsp3) is 0.588. The highest BCUT2D eigenvalue weighted by Crippen LogP contribution is 2.22. The summed E-state index contributed by atoms with van der Waals surface area (Å²) in [6, 6.07) is 9.60. The second kappa shape index (κ2) is 8.05. The van der Waals surface area contributed by atoms with Crippen LogP contribution in [0, 0.1) is 5.41 Å². The summed E-state index contributed by atoms with van der Waals surface area (Å²) in [5.41, 5.74) is 1.87. The summed E-state index contributed by atoms with van der Waals surface area (Å²) in [5.74, 6) is 0. The fourth-order valence-corrected chi connectivity index (χ4v) is 2.20. The lowest BCUT2D eigenvalue weighted by atomic mass is 9.89. The van der Waals surface area contributed by atoms with Gasteiger partial charge in [0.25, 0.3) is 0 Å². The minimum atomic E-state index is -0.321. The van der Waals surface area contributed by atoms with Crippen molar-refractivity contribution in [3.05, 3.63) is 35.9 Å². The highest BCUT2D eigenvalue weighted by atomic mass is 16.4. The molecular formula is C17H27NO2. The molecular weight excluding hydrogens is 250 g/mol. The van der Waals surface area contributed by atoms with Gasteiger partial charge in [0.05, 0.1) is 11.8 Å². The SMILES string of the molecule is CC(C)(C)CCCC(O)CCC(=NO)c1ccccc1. The molecule has 0 spiro atoms. The van der Waals surface area contributed by atoms with E-state index in [1.54, 1.807) is 0 Å². The molecule has 0 heterocycles. The van der Waals surface area contributed by atoms with Crippen molar-refractivity contribution in [3.8, 4) is 0 Å². The maximum absolute atomic E-state index is 10.0. The minimum Gasteiger partial charge on any atom is -0.411 e. The summed E-state index contributed by atoms with van der Waals surface area (Å²) >= 11 is 0. The van der Waals surface area contributed by atoms with Crippen molar-refractivity contribution in [2.45, 2.75) is 59.0 Å². The third-order valence-electron chi connectivity index (χ3n) is 3.41. The Kier molecular flexibility index (Phi) is 6.73. The van der Waals surface area contributed by atoms with Crippen LogP contribution in [0.25, 0.3) is 0 Å². The third-order valence-corrected chi connectivity index (χ3v) is 3.41. The smallest absolute Gasteiger partial charge is 0.0868 e. The van der Waals surface area contributed by atoms with E-state index in [0.29, 0.717) is 24.0 Å². The van der Waals surface area contributed by atoms with Crippen LogP contribution in [0.15, 0.2) is 35.5 Å². The molecule has 1 aromatic rings. The van der Waals surface area contributed by atoms with Gasteiger partial charge in [-0.3, -0.25) is 0 Å². The second-order valence-corrected chi connectivity index (χ2v) is 6.56. The van der Waals surface area contributed by atoms with Gasteiger partial charge in [0.15, 0.2) is 0 Å². The zero-order valence-electron chi connectivity index (χ0n) is 12.8. The summed E-state index contributed by atoms with van der Waals surface area (Å²) in [7, 11) is 0. The van der Waals surface area contributed by atoms with Crippen molar-refractivity contribution < 1.29 is 10.3 Å². The lowest BCUT2D eigenvalue weighted by Gasteiger charge is -2.19. The van der Waals surface area contributed by atoms with Crippen LogP contribution in [-0.2, 0) is 0 Å². The van der Waals surface area contributed by atoms with Crippen molar-refractivity contribution in [1.29, 1.82) is 0 Å². The standard InChI is InChI=1S/C17H27NO2/c1-17(2,3)13-7-10-15(19)11-12-16(18-20)14-8-5-4-6-9-14/h4-6,8-9,15,19-20H,7,10-13H2,1-3H3. The molecule has 0 aliphatic rings. The highest BCUT2D eigenvalue weighted by Gasteiger charge is 2.13. The Morgan fingerprint density at radius 3 is 2.35 bits per heavy atom. The highest BCUT2D eigenvalue weighted by molar-refractivity contribution is 6.00. The number of oxime groups is 1. The van der Waals surface area contributed by atoms with Gasteiger partial charge in [0.2, 0.25) is 0 Å². The van der Waals surface area contributed by atoms with Crippen LogP contribution in [0.2, 0.25) is 0 Å². The van der Waals surface area contributed by atoms with Gasteiger partial charge in [-0.25, -0.2) is 0 Å². The molecule has 112 valence electrons. The lowest BCUT2D eigenvalue weighted by molar-refractivity contribution is 0.148. The van der Waals surface area contributed by atoms with Crippen molar-refractivity contribution in [1.82, 2.24) is 0 Å². The molecule has 0 bridgehead atoms. The lowest BCUT2D eigenvalue weighted by Crippen LogP contribution is -2.12. The molecule has 0 amide bonds. The maximum Gasteiger partial charge on any atom is 0.0868 e. The van der Waals surface area contributed by atoms with E-state index in [-0.39, 0.29) is 6.10 Å². The van der Waals surface area contributed by atoms with Gasteiger partial charge in [0.1, 0.15) is 0 Å². The van der Waals surface area contributed by atoms with Crippen molar-refractivity contribution >= 4 is 5.71 Å². The van der Waals surface area contributed by atoms with Gasteiger partial charge in [-0.05, 0) is 36.7 Å². The Balaban J connectivity index is 2.34. The number of nitrogens with zero attached hydrogens (tertiary/aromatic N) is 1. The number of aliphatic hydroxyl groups is 1. The molecule has 3 nitrogen and oxygen atoms in total. The largest absolute Gasteiger partial charge is 0.411 e. The quantitative estimate of drug-likeness (QED) is 0.445. The number of benzene rings is 1. The second-order valence-electron chi connectivity index (χ2n) is 6.56. The van der Waals surface area contributed by atoms with Crippen molar-refractivity contribution in [3.63, 3.8) is 0 Å². The predicted molar refractivity (Wildman–Crippen MR) is 83.3 cm³/mol. The first-order valence-electron chi connectivity index (χ1n) is 7.37. The Morgan fingerprint density at radius 2 is 1.80 bits per heavy atom. The van der Waals surface area contributed by atoms with Crippen LogP contribution >= 0.6 is 0 Å².